The minimum absolute atomic E-state index is 0.0517. The third-order valence-corrected chi connectivity index (χ3v) is 9.09. The predicted molar refractivity (Wildman–Crippen MR) is 146 cm³/mol. The van der Waals surface area contributed by atoms with Gasteiger partial charge in [0.05, 0.1) is 11.4 Å². The fraction of sp³-hybridized carbons (Fsp3) is 0.500. The van der Waals surface area contributed by atoms with Gasteiger partial charge in [0.15, 0.2) is 11.5 Å². The number of sulfonamides is 1. The summed E-state index contributed by atoms with van der Waals surface area (Å²) in [5.74, 6) is 0.0527. The van der Waals surface area contributed by atoms with Gasteiger partial charge in [0.2, 0.25) is 28.6 Å². The van der Waals surface area contributed by atoms with Crippen molar-refractivity contribution < 1.29 is 27.5 Å². The van der Waals surface area contributed by atoms with E-state index in [9.17, 15) is 18.0 Å². The summed E-state index contributed by atoms with van der Waals surface area (Å²) >= 11 is 0. The SMILES string of the molecule is CCS(=O)(=O)N(CC(=O)N(Cc1ccccc1C)C(C)C(=O)NC1CCCCC1)c1ccc2c(c1)OCO2. The first-order valence-corrected chi connectivity index (χ1v) is 14.8. The summed E-state index contributed by atoms with van der Waals surface area (Å²) in [6, 6.07) is 11.8. The van der Waals surface area contributed by atoms with Gasteiger partial charge in [-0.25, -0.2) is 8.42 Å². The third-order valence-electron chi connectivity index (χ3n) is 7.34. The van der Waals surface area contributed by atoms with Crippen LogP contribution >= 0.6 is 0 Å². The molecular formula is C28H37N3O6S. The number of ether oxygens (including phenoxy) is 2. The molecule has 1 atom stereocenters. The molecule has 1 aliphatic heterocycles. The Kier molecular flexibility index (Phi) is 8.81. The zero-order chi connectivity index (χ0) is 27.3. The number of nitrogens with one attached hydrogen (secondary N) is 1. The van der Waals surface area contributed by atoms with Crippen LogP contribution < -0.4 is 19.1 Å². The molecule has 2 aromatic carbocycles. The lowest BCUT2D eigenvalue weighted by atomic mass is 9.95. The van der Waals surface area contributed by atoms with Crippen LogP contribution in [-0.2, 0) is 26.2 Å². The van der Waals surface area contributed by atoms with Crippen molar-refractivity contribution in [3.63, 3.8) is 0 Å². The van der Waals surface area contributed by atoms with Crippen LogP contribution in [0.15, 0.2) is 42.5 Å². The third kappa shape index (κ3) is 6.40. The lowest BCUT2D eigenvalue weighted by Gasteiger charge is -2.33. The minimum atomic E-state index is -3.82. The number of hydrogen-bond donors (Lipinski definition) is 1. The van der Waals surface area contributed by atoms with E-state index < -0.39 is 28.5 Å². The highest BCUT2D eigenvalue weighted by Gasteiger charge is 2.32. The van der Waals surface area contributed by atoms with Gasteiger partial charge in [-0.1, -0.05) is 43.5 Å². The van der Waals surface area contributed by atoms with Crippen LogP contribution in [-0.4, -0.2) is 56.3 Å². The Bertz CT molecular complexity index is 1260. The molecule has 0 radical (unpaired) electrons. The first-order chi connectivity index (χ1) is 18.2. The van der Waals surface area contributed by atoms with Crippen molar-refractivity contribution in [2.75, 3.05) is 23.4 Å². The lowest BCUT2D eigenvalue weighted by Crippen LogP contribution is -2.53. The number of rotatable bonds is 10. The van der Waals surface area contributed by atoms with E-state index in [0.29, 0.717) is 17.2 Å². The van der Waals surface area contributed by atoms with E-state index in [4.69, 9.17) is 9.47 Å². The number of benzene rings is 2. The number of carbonyl (C=O) groups is 2. The van der Waals surface area contributed by atoms with Crippen molar-refractivity contribution >= 4 is 27.5 Å². The Labute approximate surface area is 225 Å². The highest BCUT2D eigenvalue weighted by atomic mass is 32.2. The summed E-state index contributed by atoms with van der Waals surface area (Å²) in [4.78, 5) is 28.6. The summed E-state index contributed by atoms with van der Waals surface area (Å²) in [7, 11) is -3.82. The van der Waals surface area contributed by atoms with Crippen molar-refractivity contribution in [3.05, 3.63) is 53.6 Å². The van der Waals surface area contributed by atoms with E-state index >= 15 is 0 Å². The van der Waals surface area contributed by atoms with Crippen LogP contribution in [0.4, 0.5) is 5.69 Å². The number of aryl methyl sites for hydroxylation is 1. The van der Waals surface area contributed by atoms with Crippen molar-refractivity contribution in [1.29, 1.82) is 0 Å². The molecule has 1 saturated carbocycles. The van der Waals surface area contributed by atoms with Gasteiger partial charge in [0, 0.05) is 18.7 Å². The average molecular weight is 544 g/mol. The summed E-state index contributed by atoms with van der Waals surface area (Å²) in [6.07, 6.45) is 5.17. The number of hydrogen-bond acceptors (Lipinski definition) is 6. The normalized spacial score (nSPS) is 16.1. The van der Waals surface area contributed by atoms with Gasteiger partial charge in [-0.05, 0) is 56.9 Å². The molecule has 206 valence electrons. The number of amides is 2. The Hall–Kier alpha value is -3.27. The standard InChI is InChI=1S/C28H37N3O6S/c1-4-38(34,35)31(24-14-15-25-26(16-24)37-19-36-25)18-27(32)30(17-22-11-9-8-10-20(22)2)21(3)28(33)29-23-12-6-5-7-13-23/h8-11,14-16,21,23H,4-7,12-13,17-19H2,1-3H3,(H,29,33). The van der Waals surface area contributed by atoms with Crippen LogP contribution in [0.1, 0.15) is 57.1 Å². The largest absolute Gasteiger partial charge is 0.454 e. The Morgan fingerprint density at radius 3 is 2.47 bits per heavy atom. The first-order valence-electron chi connectivity index (χ1n) is 13.2. The molecule has 0 spiro atoms. The molecule has 1 fully saturated rings. The first kappa shape index (κ1) is 27.8. The van der Waals surface area contributed by atoms with Crippen LogP contribution in [0.3, 0.4) is 0 Å². The zero-order valence-electron chi connectivity index (χ0n) is 22.3. The highest BCUT2D eigenvalue weighted by Crippen LogP contribution is 2.36. The molecule has 38 heavy (non-hydrogen) atoms. The van der Waals surface area contributed by atoms with Gasteiger partial charge < -0.3 is 19.7 Å². The fourth-order valence-corrected chi connectivity index (χ4v) is 5.94. The Balaban J connectivity index is 1.61. The maximum absolute atomic E-state index is 13.9. The summed E-state index contributed by atoms with van der Waals surface area (Å²) < 4.78 is 38.2. The Morgan fingerprint density at radius 2 is 1.76 bits per heavy atom. The van der Waals surface area contributed by atoms with Crippen molar-refractivity contribution in [1.82, 2.24) is 10.2 Å². The maximum atomic E-state index is 13.9. The van der Waals surface area contributed by atoms with Gasteiger partial charge >= 0.3 is 0 Å². The number of fused-ring (bicyclic) bond motifs is 1. The second kappa shape index (κ2) is 12.1. The monoisotopic (exact) mass is 543 g/mol. The fourth-order valence-electron chi connectivity index (χ4n) is 4.88. The minimum Gasteiger partial charge on any atom is -0.454 e. The van der Waals surface area contributed by atoms with Gasteiger partial charge in [-0.2, -0.15) is 0 Å². The second-order valence-corrected chi connectivity index (χ2v) is 12.1. The summed E-state index contributed by atoms with van der Waals surface area (Å²) in [6.45, 7) is 4.98. The average Bonchev–Trinajstić information content (AvgIpc) is 3.39. The molecule has 2 amide bonds. The molecule has 10 heteroatoms. The number of anilines is 1. The molecule has 2 aliphatic rings. The lowest BCUT2D eigenvalue weighted by molar-refractivity contribution is -0.139. The quantitative estimate of drug-likeness (QED) is 0.490. The van der Waals surface area contributed by atoms with Gasteiger partial charge in [0.25, 0.3) is 0 Å². The molecule has 2 aromatic rings. The van der Waals surface area contributed by atoms with E-state index in [1.54, 1.807) is 25.1 Å². The topological polar surface area (TPSA) is 105 Å². The van der Waals surface area contributed by atoms with Gasteiger partial charge in [0.1, 0.15) is 12.6 Å². The smallest absolute Gasteiger partial charge is 0.244 e. The van der Waals surface area contributed by atoms with E-state index in [1.807, 2.05) is 31.2 Å². The Morgan fingerprint density at radius 1 is 1.05 bits per heavy atom. The van der Waals surface area contributed by atoms with Gasteiger partial charge in [-0.3, -0.25) is 13.9 Å². The van der Waals surface area contributed by atoms with Crippen LogP contribution in [0.25, 0.3) is 0 Å². The molecule has 1 unspecified atom stereocenters. The molecule has 0 aromatic heterocycles. The summed E-state index contributed by atoms with van der Waals surface area (Å²) in [5.41, 5.74) is 2.18. The predicted octanol–water partition coefficient (Wildman–Crippen LogP) is 3.75. The molecule has 1 N–H and O–H groups in total. The number of carbonyl (C=O) groups excluding carboxylic acids is 2. The molecule has 9 nitrogen and oxygen atoms in total. The molecule has 4 rings (SSSR count). The van der Waals surface area contributed by atoms with Crippen molar-refractivity contribution in [3.8, 4) is 11.5 Å². The van der Waals surface area contributed by atoms with Crippen molar-refractivity contribution in [2.24, 2.45) is 0 Å². The van der Waals surface area contributed by atoms with Crippen molar-refractivity contribution in [2.45, 2.75) is 71.5 Å². The van der Waals surface area contributed by atoms with E-state index in [1.165, 1.54) is 18.2 Å². The molecule has 1 aliphatic carbocycles. The van der Waals surface area contributed by atoms with E-state index in [0.717, 1.165) is 41.1 Å². The van der Waals surface area contributed by atoms with Crippen LogP contribution in [0.2, 0.25) is 0 Å². The summed E-state index contributed by atoms with van der Waals surface area (Å²) in [5, 5.41) is 3.11. The van der Waals surface area contributed by atoms with E-state index in [2.05, 4.69) is 5.32 Å². The second-order valence-electron chi connectivity index (χ2n) is 9.91. The molecule has 0 bridgehead atoms. The molecule has 0 saturated heterocycles. The molecular weight excluding hydrogens is 506 g/mol. The van der Waals surface area contributed by atoms with Crippen LogP contribution in [0, 0.1) is 6.92 Å². The van der Waals surface area contributed by atoms with Crippen LogP contribution in [0.5, 0.6) is 11.5 Å². The maximum Gasteiger partial charge on any atom is 0.244 e. The number of nitrogens with zero attached hydrogens (tertiary/aromatic N) is 2. The highest BCUT2D eigenvalue weighted by molar-refractivity contribution is 7.92. The van der Waals surface area contributed by atoms with Gasteiger partial charge in [-0.15, -0.1) is 0 Å². The van der Waals surface area contributed by atoms with E-state index in [-0.39, 0.29) is 31.0 Å². The molecule has 1 heterocycles. The zero-order valence-corrected chi connectivity index (χ0v) is 23.1.